The molecule has 0 bridgehead atoms. The van der Waals surface area contributed by atoms with E-state index in [1.54, 1.807) is 6.07 Å². The molecule has 0 saturated heterocycles. The predicted octanol–water partition coefficient (Wildman–Crippen LogP) is 3.13. The van der Waals surface area contributed by atoms with Gasteiger partial charge in [-0.25, -0.2) is 4.39 Å². The van der Waals surface area contributed by atoms with Crippen LogP contribution in [0.4, 0.5) is 4.39 Å². The first-order valence-corrected chi connectivity index (χ1v) is 7.32. The zero-order chi connectivity index (χ0) is 15.1. The van der Waals surface area contributed by atoms with Crippen LogP contribution >= 0.6 is 0 Å². The smallest absolute Gasteiger partial charge is 0.123 e. The fraction of sp³-hybridized carbons (Fsp3) is 0.353. The Labute approximate surface area is 125 Å². The molecule has 1 unspecified atom stereocenters. The van der Waals surface area contributed by atoms with Gasteiger partial charge in [0.1, 0.15) is 5.82 Å². The lowest BCUT2D eigenvalue weighted by Crippen LogP contribution is -2.27. The highest BCUT2D eigenvalue weighted by molar-refractivity contribution is 5.19. The lowest BCUT2D eigenvalue weighted by Gasteiger charge is -2.22. The first-order valence-electron chi connectivity index (χ1n) is 7.32. The number of halogens is 1. The molecule has 1 aromatic heterocycles. The van der Waals surface area contributed by atoms with Gasteiger partial charge in [-0.15, -0.1) is 0 Å². The summed E-state index contributed by atoms with van der Waals surface area (Å²) in [6.45, 7) is 4.74. The summed E-state index contributed by atoms with van der Waals surface area (Å²) in [6.07, 6.45) is 2.60. The number of benzene rings is 1. The van der Waals surface area contributed by atoms with E-state index >= 15 is 0 Å². The predicted molar refractivity (Wildman–Crippen MR) is 83.1 cm³/mol. The lowest BCUT2D eigenvalue weighted by molar-refractivity contribution is 0.265. The second kappa shape index (κ2) is 7.86. The summed E-state index contributed by atoms with van der Waals surface area (Å²) in [6, 6.07) is 12.3. The molecule has 21 heavy (non-hydrogen) atoms. The monoisotopic (exact) mass is 287 g/mol. The van der Waals surface area contributed by atoms with E-state index < -0.39 is 0 Å². The van der Waals surface area contributed by atoms with Crippen molar-refractivity contribution in [3.05, 3.63) is 65.7 Å². The Morgan fingerprint density at radius 1 is 1.24 bits per heavy atom. The maximum absolute atomic E-state index is 13.2. The molecule has 2 rings (SSSR count). The minimum Gasteiger partial charge on any atom is -0.324 e. The molecule has 0 amide bonds. The van der Waals surface area contributed by atoms with Crippen molar-refractivity contribution in [3.8, 4) is 0 Å². The van der Waals surface area contributed by atoms with Crippen LogP contribution in [0.25, 0.3) is 0 Å². The Kier molecular flexibility index (Phi) is 5.84. The molecule has 1 aromatic carbocycles. The average molecular weight is 287 g/mol. The number of pyridine rings is 1. The largest absolute Gasteiger partial charge is 0.324 e. The van der Waals surface area contributed by atoms with Gasteiger partial charge < -0.3 is 5.73 Å². The average Bonchev–Trinajstić information content (AvgIpc) is 2.52. The Balaban J connectivity index is 1.88. The Bertz CT molecular complexity index is 545. The van der Waals surface area contributed by atoms with Crippen molar-refractivity contribution in [2.75, 3.05) is 13.1 Å². The molecule has 0 aliphatic rings. The SMILES string of the molecule is CCN(CCC(N)c1cccc(F)c1)Cc1ccccn1. The highest BCUT2D eigenvalue weighted by Gasteiger charge is 2.10. The van der Waals surface area contributed by atoms with Crippen LogP contribution < -0.4 is 5.73 Å². The van der Waals surface area contributed by atoms with Gasteiger partial charge >= 0.3 is 0 Å². The number of rotatable bonds is 7. The number of hydrogen-bond acceptors (Lipinski definition) is 3. The van der Waals surface area contributed by atoms with E-state index in [9.17, 15) is 4.39 Å². The molecule has 2 N–H and O–H groups in total. The Hall–Kier alpha value is -1.78. The van der Waals surface area contributed by atoms with E-state index in [1.807, 2.05) is 30.5 Å². The fourth-order valence-corrected chi connectivity index (χ4v) is 2.30. The van der Waals surface area contributed by atoms with Gasteiger partial charge in [0.25, 0.3) is 0 Å². The highest BCUT2D eigenvalue weighted by Crippen LogP contribution is 2.16. The van der Waals surface area contributed by atoms with Crippen LogP contribution in [0.15, 0.2) is 48.7 Å². The summed E-state index contributed by atoms with van der Waals surface area (Å²) < 4.78 is 13.2. The zero-order valence-corrected chi connectivity index (χ0v) is 12.4. The van der Waals surface area contributed by atoms with E-state index in [1.165, 1.54) is 12.1 Å². The molecular weight excluding hydrogens is 265 g/mol. The van der Waals surface area contributed by atoms with Gasteiger partial charge in [0.05, 0.1) is 5.69 Å². The second-order valence-corrected chi connectivity index (χ2v) is 5.14. The van der Waals surface area contributed by atoms with Crippen molar-refractivity contribution >= 4 is 0 Å². The number of aromatic nitrogens is 1. The molecule has 1 heterocycles. The first kappa shape index (κ1) is 15.6. The van der Waals surface area contributed by atoms with E-state index in [0.717, 1.165) is 37.3 Å². The Morgan fingerprint density at radius 3 is 2.76 bits per heavy atom. The second-order valence-electron chi connectivity index (χ2n) is 5.14. The fourth-order valence-electron chi connectivity index (χ4n) is 2.30. The van der Waals surface area contributed by atoms with Gasteiger partial charge in [0.15, 0.2) is 0 Å². The third kappa shape index (κ3) is 4.92. The quantitative estimate of drug-likeness (QED) is 0.850. The molecule has 4 heteroatoms. The van der Waals surface area contributed by atoms with Crippen LogP contribution in [-0.2, 0) is 6.54 Å². The van der Waals surface area contributed by atoms with Crippen LogP contribution in [-0.4, -0.2) is 23.0 Å². The Morgan fingerprint density at radius 2 is 2.10 bits per heavy atom. The molecule has 0 radical (unpaired) electrons. The lowest BCUT2D eigenvalue weighted by atomic mass is 10.0. The van der Waals surface area contributed by atoms with E-state index in [2.05, 4.69) is 16.8 Å². The molecule has 0 saturated carbocycles. The van der Waals surface area contributed by atoms with Crippen LogP contribution in [0.3, 0.4) is 0 Å². The van der Waals surface area contributed by atoms with Crippen LogP contribution in [0.1, 0.15) is 30.6 Å². The highest BCUT2D eigenvalue weighted by atomic mass is 19.1. The minimum atomic E-state index is -0.233. The summed E-state index contributed by atoms with van der Waals surface area (Å²) in [7, 11) is 0. The molecular formula is C17H22FN3. The van der Waals surface area contributed by atoms with E-state index in [-0.39, 0.29) is 11.9 Å². The van der Waals surface area contributed by atoms with Crippen LogP contribution in [0, 0.1) is 5.82 Å². The first-order chi connectivity index (χ1) is 10.2. The normalized spacial score (nSPS) is 12.6. The molecule has 0 spiro atoms. The number of nitrogens with two attached hydrogens (primary N) is 1. The molecule has 0 aliphatic carbocycles. The third-order valence-corrected chi connectivity index (χ3v) is 3.59. The van der Waals surface area contributed by atoms with Gasteiger partial charge in [-0.3, -0.25) is 9.88 Å². The van der Waals surface area contributed by atoms with E-state index in [0.29, 0.717) is 0 Å². The van der Waals surface area contributed by atoms with Gasteiger partial charge in [0, 0.05) is 25.3 Å². The molecule has 112 valence electrons. The van der Waals surface area contributed by atoms with E-state index in [4.69, 9.17) is 5.73 Å². The summed E-state index contributed by atoms with van der Waals surface area (Å²) in [4.78, 5) is 6.63. The van der Waals surface area contributed by atoms with Crippen LogP contribution in [0.5, 0.6) is 0 Å². The molecule has 1 atom stereocenters. The van der Waals surface area contributed by atoms with Crippen LogP contribution in [0.2, 0.25) is 0 Å². The zero-order valence-electron chi connectivity index (χ0n) is 12.4. The summed E-state index contributed by atoms with van der Waals surface area (Å²) >= 11 is 0. The summed E-state index contributed by atoms with van der Waals surface area (Å²) in [5, 5.41) is 0. The van der Waals surface area contributed by atoms with Crippen molar-refractivity contribution in [1.29, 1.82) is 0 Å². The van der Waals surface area contributed by atoms with Crippen molar-refractivity contribution in [3.63, 3.8) is 0 Å². The van der Waals surface area contributed by atoms with Gasteiger partial charge in [-0.05, 0) is 42.8 Å². The van der Waals surface area contributed by atoms with Gasteiger partial charge in [0.2, 0.25) is 0 Å². The number of nitrogens with zero attached hydrogens (tertiary/aromatic N) is 2. The summed E-state index contributed by atoms with van der Waals surface area (Å²) in [5.41, 5.74) is 8.06. The third-order valence-electron chi connectivity index (χ3n) is 3.59. The van der Waals surface area contributed by atoms with Crippen molar-refractivity contribution in [2.45, 2.75) is 25.9 Å². The molecule has 0 fully saturated rings. The standard InChI is InChI=1S/C17H22FN3/c1-2-21(13-16-8-3-4-10-20-16)11-9-17(19)14-6-5-7-15(18)12-14/h3-8,10,12,17H,2,9,11,13,19H2,1H3. The van der Waals surface area contributed by atoms with Gasteiger partial charge in [-0.1, -0.05) is 25.1 Å². The maximum Gasteiger partial charge on any atom is 0.123 e. The van der Waals surface area contributed by atoms with Gasteiger partial charge in [-0.2, -0.15) is 0 Å². The number of hydrogen-bond donors (Lipinski definition) is 1. The van der Waals surface area contributed by atoms with Crippen molar-refractivity contribution in [2.24, 2.45) is 5.73 Å². The maximum atomic E-state index is 13.2. The molecule has 3 nitrogen and oxygen atoms in total. The minimum absolute atomic E-state index is 0.140. The van der Waals surface area contributed by atoms with Crippen molar-refractivity contribution < 1.29 is 4.39 Å². The topological polar surface area (TPSA) is 42.1 Å². The summed E-state index contributed by atoms with van der Waals surface area (Å²) in [5.74, 6) is -0.233. The molecule has 2 aromatic rings. The van der Waals surface area contributed by atoms with Crippen molar-refractivity contribution in [1.82, 2.24) is 9.88 Å². The molecule has 0 aliphatic heterocycles.